The van der Waals surface area contributed by atoms with E-state index < -0.39 is 0 Å². The molecule has 0 unspecified atom stereocenters. The van der Waals surface area contributed by atoms with Crippen LogP contribution in [0.2, 0.25) is 0 Å². The van der Waals surface area contributed by atoms with Crippen LogP contribution in [0.3, 0.4) is 0 Å². The van der Waals surface area contributed by atoms with E-state index in [0.717, 1.165) is 45.3 Å². The summed E-state index contributed by atoms with van der Waals surface area (Å²) in [5, 5.41) is 5.89. The minimum absolute atomic E-state index is 0.199. The largest absolute Gasteiger partial charge is 0.455 e. The molecule has 1 aliphatic heterocycles. The summed E-state index contributed by atoms with van der Waals surface area (Å²) < 4.78 is 23.8. The van der Waals surface area contributed by atoms with E-state index in [2.05, 4.69) is 56.7 Å². The van der Waals surface area contributed by atoms with Crippen molar-refractivity contribution in [3.8, 4) is 22.8 Å². The zero-order valence-electron chi connectivity index (χ0n) is 18.8. The van der Waals surface area contributed by atoms with Gasteiger partial charge >= 0.3 is 0 Å². The Morgan fingerprint density at radius 3 is 2.50 bits per heavy atom. The van der Waals surface area contributed by atoms with Crippen LogP contribution in [-0.2, 0) is 13.5 Å². The molecule has 0 radical (unpaired) electrons. The summed E-state index contributed by atoms with van der Waals surface area (Å²) in [6.07, 6.45) is 2.97. The first kappa shape index (κ1) is 19.2. The number of halogens is 1. The van der Waals surface area contributed by atoms with Crippen LogP contribution in [0.1, 0.15) is 25.0 Å². The number of aryl methyl sites for hydroxylation is 2. The highest BCUT2D eigenvalue weighted by molar-refractivity contribution is 6.16. The first-order valence-corrected chi connectivity index (χ1v) is 11.2. The Morgan fingerprint density at radius 2 is 1.72 bits per heavy atom. The Bertz CT molecular complexity index is 1580. The first-order valence-electron chi connectivity index (χ1n) is 11.2. The summed E-state index contributed by atoms with van der Waals surface area (Å²) in [6, 6.07) is 17.9. The molecule has 2 heterocycles. The van der Waals surface area contributed by atoms with Crippen molar-refractivity contribution in [2.45, 2.75) is 27.2 Å². The van der Waals surface area contributed by atoms with Gasteiger partial charge in [-0.25, -0.2) is 8.96 Å². The second-order valence-corrected chi connectivity index (χ2v) is 9.33. The predicted molar refractivity (Wildman–Crippen MR) is 129 cm³/mol. The van der Waals surface area contributed by atoms with Crippen LogP contribution in [-0.4, -0.2) is 0 Å². The Balaban J connectivity index is 1.84. The van der Waals surface area contributed by atoms with Gasteiger partial charge in [-0.1, -0.05) is 50.2 Å². The third-order valence-corrected chi connectivity index (χ3v) is 6.77. The molecule has 0 saturated carbocycles. The summed E-state index contributed by atoms with van der Waals surface area (Å²) in [5.74, 6) is 2.04. The zero-order chi connectivity index (χ0) is 22.1. The number of aromatic nitrogens is 1. The maximum Gasteiger partial charge on any atom is 0.228 e. The molecule has 3 heteroatoms. The molecule has 5 aromatic rings. The van der Waals surface area contributed by atoms with E-state index in [1.807, 2.05) is 24.4 Å². The lowest BCUT2D eigenvalue weighted by molar-refractivity contribution is -0.659. The molecule has 0 spiro atoms. The molecule has 1 aliphatic rings. The molecule has 1 aromatic heterocycles. The fourth-order valence-corrected chi connectivity index (χ4v) is 5.42. The third-order valence-electron chi connectivity index (χ3n) is 6.77. The Kier molecular flexibility index (Phi) is 4.07. The van der Waals surface area contributed by atoms with Gasteiger partial charge in [0.25, 0.3) is 0 Å². The first-order chi connectivity index (χ1) is 15.5. The molecule has 0 fully saturated rings. The van der Waals surface area contributed by atoms with Crippen LogP contribution < -0.4 is 9.30 Å². The number of benzene rings is 4. The molecule has 0 atom stereocenters. The zero-order valence-corrected chi connectivity index (χ0v) is 18.8. The molecule has 2 nitrogen and oxygen atoms in total. The van der Waals surface area contributed by atoms with Crippen LogP contribution in [0.15, 0.2) is 60.8 Å². The normalized spacial score (nSPS) is 12.6. The average Bonchev–Trinajstić information content (AvgIpc) is 2.77. The van der Waals surface area contributed by atoms with Gasteiger partial charge in [-0.2, -0.15) is 0 Å². The number of rotatable bonds is 2. The molecular weight excluding hydrogens is 397 g/mol. The molecule has 0 saturated heterocycles. The van der Waals surface area contributed by atoms with E-state index in [1.54, 1.807) is 6.07 Å². The summed E-state index contributed by atoms with van der Waals surface area (Å²) >= 11 is 0. The second-order valence-electron chi connectivity index (χ2n) is 9.33. The highest BCUT2D eigenvalue weighted by Gasteiger charge is 2.33. The molecular formula is C29H25FNO+. The van der Waals surface area contributed by atoms with Crippen LogP contribution >= 0.6 is 0 Å². The fourth-order valence-electron chi connectivity index (χ4n) is 5.42. The fraction of sp³-hybridized carbons (Fsp3) is 0.207. The number of nitrogens with zero attached hydrogens (tertiary/aromatic N) is 1. The minimum atomic E-state index is -0.199. The van der Waals surface area contributed by atoms with Gasteiger partial charge in [0, 0.05) is 22.4 Å². The average molecular weight is 423 g/mol. The summed E-state index contributed by atoms with van der Waals surface area (Å²) in [4.78, 5) is 0. The molecule has 158 valence electrons. The highest BCUT2D eigenvalue weighted by Crippen LogP contribution is 2.52. The van der Waals surface area contributed by atoms with Gasteiger partial charge in [0.15, 0.2) is 6.20 Å². The standard InChI is InChI=1S/C29H25FNO/c1-16(2)14-22-20-10-6-5-9-19(20)17(3)25-28-27-21(12-13-31(28)4)26-18(8-7-11-23(26)30)15-24(27)32-29(22)25/h5-13,15-16H,14H2,1-4H3/q+1. The maximum absolute atomic E-state index is 14.9. The smallest absolute Gasteiger partial charge is 0.228 e. The van der Waals surface area contributed by atoms with Crippen molar-refractivity contribution < 1.29 is 13.7 Å². The predicted octanol–water partition coefficient (Wildman–Crippen LogP) is 7.39. The third kappa shape index (κ3) is 2.54. The van der Waals surface area contributed by atoms with E-state index in [9.17, 15) is 4.39 Å². The maximum atomic E-state index is 14.9. The molecule has 0 N–H and O–H groups in total. The Morgan fingerprint density at radius 1 is 0.938 bits per heavy atom. The van der Waals surface area contributed by atoms with Gasteiger partial charge in [0.2, 0.25) is 5.69 Å². The molecule has 0 bridgehead atoms. The lowest BCUT2D eigenvalue weighted by Gasteiger charge is -2.26. The van der Waals surface area contributed by atoms with Crippen molar-refractivity contribution in [1.82, 2.24) is 0 Å². The van der Waals surface area contributed by atoms with Gasteiger partial charge < -0.3 is 4.74 Å². The Hall–Kier alpha value is -3.46. The lowest BCUT2D eigenvalue weighted by atomic mass is 9.85. The van der Waals surface area contributed by atoms with E-state index in [-0.39, 0.29) is 5.82 Å². The quantitative estimate of drug-likeness (QED) is 0.209. The van der Waals surface area contributed by atoms with Gasteiger partial charge in [-0.15, -0.1) is 0 Å². The van der Waals surface area contributed by atoms with Crippen LogP contribution in [0.5, 0.6) is 11.5 Å². The van der Waals surface area contributed by atoms with Crippen LogP contribution in [0.25, 0.3) is 43.6 Å². The van der Waals surface area contributed by atoms with Crippen molar-refractivity contribution in [3.05, 3.63) is 77.7 Å². The highest BCUT2D eigenvalue weighted by atomic mass is 19.1. The lowest BCUT2D eigenvalue weighted by Crippen LogP contribution is -2.32. The minimum Gasteiger partial charge on any atom is -0.455 e. The Labute approximate surface area is 186 Å². The van der Waals surface area contributed by atoms with Gasteiger partial charge in [-0.3, -0.25) is 0 Å². The molecule has 32 heavy (non-hydrogen) atoms. The molecule has 0 amide bonds. The van der Waals surface area contributed by atoms with E-state index >= 15 is 0 Å². The van der Waals surface area contributed by atoms with Gasteiger partial charge in [0.1, 0.15) is 24.4 Å². The molecule has 0 aliphatic carbocycles. The van der Waals surface area contributed by atoms with Crippen molar-refractivity contribution in [2.75, 3.05) is 0 Å². The van der Waals surface area contributed by atoms with Crippen molar-refractivity contribution in [2.24, 2.45) is 13.0 Å². The molecule has 6 rings (SSSR count). The monoisotopic (exact) mass is 422 g/mol. The van der Waals surface area contributed by atoms with Crippen LogP contribution in [0, 0.1) is 18.7 Å². The van der Waals surface area contributed by atoms with Crippen molar-refractivity contribution in [3.63, 3.8) is 0 Å². The molecule has 4 aromatic carbocycles. The summed E-state index contributed by atoms with van der Waals surface area (Å²) in [5.41, 5.74) is 4.66. The van der Waals surface area contributed by atoms with E-state index in [1.165, 1.54) is 28.0 Å². The second kappa shape index (κ2) is 6.77. The number of pyridine rings is 1. The number of hydrogen-bond acceptors (Lipinski definition) is 1. The van der Waals surface area contributed by atoms with E-state index in [4.69, 9.17) is 4.74 Å². The van der Waals surface area contributed by atoms with E-state index in [0.29, 0.717) is 11.3 Å². The van der Waals surface area contributed by atoms with Gasteiger partial charge in [0.05, 0.1) is 10.9 Å². The van der Waals surface area contributed by atoms with Crippen molar-refractivity contribution >= 4 is 32.3 Å². The van der Waals surface area contributed by atoms with Crippen LogP contribution in [0.4, 0.5) is 4.39 Å². The summed E-state index contributed by atoms with van der Waals surface area (Å²) in [6.45, 7) is 6.67. The number of hydrogen-bond donors (Lipinski definition) is 0. The van der Waals surface area contributed by atoms with Gasteiger partial charge in [-0.05, 0) is 53.1 Å². The number of ether oxygens (including phenoxy) is 1. The number of fused-ring (bicyclic) bond motifs is 5. The van der Waals surface area contributed by atoms with Crippen molar-refractivity contribution in [1.29, 1.82) is 0 Å². The topological polar surface area (TPSA) is 13.1 Å². The SMILES string of the molecule is Cc1c2c(c(CC(C)C)c3ccccc13)Oc1cc3cccc(F)c3c3cc[n+](C)c-2c13. The summed E-state index contributed by atoms with van der Waals surface area (Å²) in [7, 11) is 2.07.